The molecule has 0 radical (unpaired) electrons. The van der Waals surface area contributed by atoms with Gasteiger partial charge in [-0.05, 0) is 38.4 Å². The van der Waals surface area contributed by atoms with Crippen molar-refractivity contribution in [2.75, 3.05) is 26.2 Å². The van der Waals surface area contributed by atoms with Crippen LogP contribution in [0.5, 0.6) is 0 Å². The van der Waals surface area contributed by atoms with E-state index < -0.39 is 5.60 Å². The largest absolute Gasteiger partial charge is 0.444 e. The van der Waals surface area contributed by atoms with Crippen molar-refractivity contribution < 1.29 is 14.3 Å². The van der Waals surface area contributed by atoms with Crippen molar-refractivity contribution in [2.45, 2.75) is 26.4 Å². The quantitative estimate of drug-likeness (QED) is 0.723. The van der Waals surface area contributed by atoms with Crippen LogP contribution in [0, 0.1) is 0 Å². The first-order valence-electron chi connectivity index (χ1n) is 8.01. The zero-order valence-corrected chi connectivity index (χ0v) is 15.2. The Bertz CT molecular complexity index is 806. The predicted molar refractivity (Wildman–Crippen MR) is 91.7 cm³/mol. The smallest absolute Gasteiger partial charge is 0.410 e. The van der Waals surface area contributed by atoms with E-state index in [0.717, 1.165) is 0 Å². The van der Waals surface area contributed by atoms with Gasteiger partial charge in [-0.15, -0.1) is 0 Å². The molecule has 0 unspecified atom stereocenters. The molecule has 2 amide bonds. The van der Waals surface area contributed by atoms with Crippen molar-refractivity contribution in [1.82, 2.24) is 24.2 Å². The minimum atomic E-state index is -0.534. The Morgan fingerprint density at radius 3 is 2.40 bits per heavy atom. The molecule has 8 nitrogen and oxygen atoms in total. The van der Waals surface area contributed by atoms with Crippen LogP contribution >= 0.6 is 11.6 Å². The maximum absolute atomic E-state index is 12.6. The summed E-state index contributed by atoms with van der Waals surface area (Å²) in [5.41, 5.74) is 0.338. The highest BCUT2D eigenvalue weighted by Crippen LogP contribution is 2.15. The molecule has 2 aromatic rings. The molecule has 1 saturated heterocycles. The molecule has 1 fully saturated rings. The van der Waals surface area contributed by atoms with Gasteiger partial charge >= 0.3 is 6.09 Å². The number of piperazine rings is 1. The molecule has 25 heavy (non-hydrogen) atoms. The molecule has 1 aliphatic rings. The van der Waals surface area contributed by atoms with Crippen molar-refractivity contribution in [1.29, 1.82) is 0 Å². The van der Waals surface area contributed by atoms with Gasteiger partial charge in [-0.25, -0.2) is 14.8 Å². The summed E-state index contributed by atoms with van der Waals surface area (Å²) in [6.07, 6.45) is 2.76. The third-order valence-corrected chi connectivity index (χ3v) is 4.05. The second-order valence-corrected chi connectivity index (χ2v) is 7.17. The Labute approximate surface area is 150 Å². The number of ether oxygens (including phenoxy) is 1. The molecule has 3 heterocycles. The Balaban J connectivity index is 1.65. The van der Waals surface area contributed by atoms with Gasteiger partial charge in [-0.3, -0.25) is 9.20 Å². The second-order valence-electron chi connectivity index (χ2n) is 6.83. The minimum Gasteiger partial charge on any atom is -0.444 e. The van der Waals surface area contributed by atoms with Gasteiger partial charge in [0, 0.05) is 38.6 Å². The Kier molecular flexibility index (Phi) is 4.55. The zero-order chi connectivity index (χ0) is 18.2. The standard InChI is InChI=1S/C16H20ClN5O3/c1-16(2,3)25-15(24)21-8-6-20(7-9-21)13(23)11-10-22-12(19-11)4-5-18-14(22)17/h4-5,10H,6-9H2,1-3H3. The van der Waals surface area contributed by atoms with Crippen LogP contribution in [0.25, 0.3) is 5.65 Å². The summed E-state index contributed by atoms with van der Waals surface area (Å²) < 4.78 is 6.92. The summed E-state index contributed by atoms with van der Waals surface area (Å²) in [7, 11) is 0. The van der Waals surface area contributed by atoms with E-state index in [4.69, 9.17) is 16.3 Å². The summed E-state index contributed by atoms with van der Waals surface area (Å²) in [5, 5.41) is 0.249. The molecule has 0 spiro atoms. The summed E-state index contributed by atoms with van der Waals surface area (Å²) >= 11 is 6.00. The van der Waals surface area contributed by atoms with E-state index in [9.17, 15) is 9.59 Å². The number of carbonyl (C=O) groups excluding carboxylic acids is 2. The van der Waals surface area contributed by atoms with E-state index in [2.05, 4.69) is 9.97 Å². The van der Waals surface area contributed by atoms with Crippen molar-refractivity contribution in [3.8, 4) is 0 Å². The fraction of sp³-hybridized carbons (Fsp3) is 0.500. The molecule has 0 N–H and O–H groups in total. The van der Waals surface area contributed by atoms with E-state index in [1.54, 1.807) is 32.7 Å². The van der Waals surface area contributed by atoms with E-state index in [1.807, 2.05) is 20.8 Å². The molecule has 0 bridgehead atoms. The lowest BCUT2D eigenvalue weighted by Gasteiger charge is -2.35. The maximum Gasteiger partial charge on any atom is 0.410 e. The van der Waals surface area contributed by atoms with Crippen LogP contribution in [0.15, 0.2) is 18.5 Å². The van der Waals surface area contributed by atoms with Gasteiger partial charge in [-0.1, -0.05) is 0 Å². The molecule has 0 aliphatic carbocycles. The molecule has 0 saturated carbocycles. The molecule has 2 aromatic heterocycles. The number of nitrogens with zero attached hydrogens (tertiary/aromatic N) is 5. The van der Waals surface area contributed by atoms with Crippen molar-refractivity contribution in [2.24, 2.45) is 0 Å². The van der Waals surface area contributed by atoms with Crippen LogP contribution in [0.2, 0.25) is 5.28 Å². The first-order valence-corrected chi connectivity index (χ1v) is 8.39. The van der Waals surface area contributed by atoms with Gasteiger partial charge in [0.1, 0.15) is 16.9 Å². The summed E-state index contributed by atoms with van der Waals surface area (Å²) in [4.78, 5) is 36.2. The van der Waals surface area contributed by atoms with Gasteiger partial charge in [0.25, 0.3) is 5.91 Å². The lowest BCUT2D eigenvalue weighted by atomic mass is 10.2. The average Bonchev–Trinajstić information content (AvgIpc) is 2.98. The lowest BCUT2D eigenvalue weighted by Crippen LogP contribution is -2.51. The SMILES string of the molecule is CC(C)(C)OC(=O)N1CCN(C(=O)c2cn3c(Cl)nccc3n2)CC1. The number of aromatic nitrogens is 3. The van der Waals surface area contributed by atoms with Gasteiger partial charge in [0.05, 0.1) is 0 Å². The minimum absolute atomic E-state index is 0.191. The molecule has 1 aliphatic heterocycles. The highest BCUT2D eigenvalue weighted by atomic mass is 35.5. The summed E-state index contributed by atoms with van der Waals surface area (Å²) in [5.74, 6) is -0.191. The normalized spacial score (nSPS) is 15.5. The summed E-state index contributed by atoms with van der Waals surface area (Å²) in [6.45, 7) is 7.19. The lowest BCUT2D eigenvalue weighted by molar-refractivity contribution is 0.0140. The van der Waals surface area contributed by atoms with E-state index in [0.29, 0.717) is 37.5 Å². The van der Waals surface area contributed by atoms with Gasteiger partial charge in [0.2, 0.25) is 5.28 Å². The van der Waals surface area contributed by atoms with Crippen LogP contribution in [0.3, 0.4) is 0 Å². The number of halogens is 1. The Hall–Kier alpha value is -2.35. The fourth-order valence-electron chi connectivity index (χ4n) is 2.57. The highest BCUT2D eigenvalue weighted by molar-refractivity contribution is 6.28. The maximum atomic E-state index is 12.6. The third kappa shape index (κ3) is 3.84. The molecule has 0 aromatic carbocycles. The van der Waals surface area contributed by atoms with E-state index >= 15 is 0 Å². The Morgan fingerprint density at radius 1 is 1.16 bits per heavy atom. The molecule has 3 rings (SSSR count). The van der Waals surface area contributed by atoms with Crippen LogP contribution in [0.1, 0.15) is 31.3 Å². The third-order valence-electron chi connectivity index (χ3n) is 3.77. The van der Waals surface area contributed by atoms with Crippen molar-refractivity contribution >= 4 is 29.2 Å². The number of imidazole rings is 1. The number of hydrogen-bond acceptors (Lipinski definition) is 5. The monoisotopic (exact) mass is 365 g/mol. The van der Waals surface area contributed by atoms with Crippen LogP contribution in [-0.4, -0.2) is 67.9 Å². The second kappa shape index (κ2) is 6.51. The van der Waals surface area contributed by atoms with Crippen LogP contribution in [-0.2, 0) is 4.74 Å². The van der Waals surface area contributed by atoms with Crippen molar-refractivity contribution in [3.63, 3.8) is 0 Å². The number of amides is 2. The topological polar surface area (TPSA) is 80.0 Å². The average molecular weight is 366 g/mol. The number of carbonyl (C=O) groups is 2. The van der Waals surface area contributed by atoms with Crippen LogP contribution in [0.4, 0.5) is 4.79 Å². The van der Waals surface area contributed by atoms with Crippen LogP contribution < -0.4 is 0 Å². The van der Waals surface area contributed by atoms with Gasteiger partial charge < -0.3 is 14.5 Å². The predicted octanol–water partition coefficient (Wildman–Crippen LogP) is 2.08. The van der Waals surface area contributed by atoms with Gasteiger partial charge in [-0.2, -0.15) is 0 Å². The number of rotatable bonds is 1. The first kappa shape index (κ1) is 17.5. The molecule has 0 atom stereocenters. The molecular weight excluding hydrogens is 346 g/mol. The summed E-state index contributed by atoms with van der Waals surface area (Å²) in [6, 6.07) is 1.68. The molecule has 134 valence electrons. The highest BCUT2D eigenvalue weighted by Gasteiger charge is 2.29. The molecule has 9 heteroatoms. The zero-order valence-electron chi connectivity index (χ0n) is 14.4. The fourth-order valence-corrected chi connectivity index (χ4v) is 2.76. The van der Waals surface area contributed by atoms with Gasteiger partial charge in [0.15, 0.2) is 0 Å². The van der Waals surface area contributed by atoms with E-state index in [-0.39, 0.29) is 17.3 Å². The van der Waals surface area contributed by atoms with E-state index in [1.165, 1.54) is 0 Å². The first-order chi connectivity index (χ1) is 11.7. The number of fused-ring (bicyclic) bond motifs is 1. The molecular formula is C16H20ClN5O3. The van der Waals surface area contributed by atoms with Crippen molar-refractivity contribution in [3.05, 3.63) is 29.4 Å². The Morgan fingerprint density at radius 2 is 1.80 bits per heavy atom. The number of hydrogen-bond donors (Lipinski definition) is 0.